The van der Waals surface area contributed by atoms with Crippen molar-refractivity contribution in [3.8, 4) is 0 Å². The van der Waals surface area contributed by atoms with Gasteiger partial charge in [-0.25, -0.2) is 0 Å². The monoisotopic (exact) mass is 448 g/mol. The number of hydrogen-bond donors (Lipinski definition) is 0. The van der Waals surface area contributed by atoms with E-state index < -0.39 is 0 Å². The number of hydrogen-bond acceptors (Lipinski definition) is 4. The van der Waals surface area contributed by atoms with Crippen LogP contribution in [-0.4, -0.2) is 26.0 Å². The number of carbonyl (C=O) groups excluding carboxylic acids is 1. The van der Waals surface area contributed by atoms with E-state index in [0.717, 1.165) is 28.4 Å². The molecular formula is C19H29IO4. The van der Waals surface area contributed by atoms with Gasteiger partial charge >= 0.3 is 5.97 Å². The molecule has 0 aromatic heterocycles. The highest BCUT2D eigenvalue weighted by Crippen LogP contribution is 2.31. The van der Waals surface area contributed by atoms with Gasteiger partial charge in [0.1, 0.15) is 19.0 Å². The second-order valence-electron chi connectivity index (χ2n) is 6.28. The van der Waals surface area contributed by atoms with Gasteiger partial charge < -0.3 is 14.2 Å². The van der Waals surface area contributed by atoms with Crippen LogP contribution < -0.4 is 0 Å². The van der Waals surface area contributed by atoms with Crippen LogP contribution in [0.4, 0.5) is 0 Å². The Morgan fingerprint density at radius 3 is 2.54 bits per heavy atom. The molecule has 0 amide bonds. The van der Waals surface area contributed by atoms with Crippen LogP contribution in [0.2, 0.25) is 0 Å². The Kier molecular flexibility index (Phi) is 10.5. The lowest BCUT2D eigenvalue weighted by Crippen LogP contribution is -2.29. The van der Waals surface area contributed by atoms with Crippen molar-refractivity contribution in [2.75, 3.05) is 13.9 Å². The first-order valence-corrected chi connectivity index (χ1v) is 9.61. The minimum Gasteiger partial charge on any atom is -0.459 e. The lowest BCUT2D eigenvalue weighted by molar-refractivity contribution is -0.168. The molecular weight excluding hydrogens is 419 g/mol. The number of unbranched alkanes of at least 4 members (excludes halogenated alkanes) is 1. The van der Waals surface area contributed by atoms with Gasteiger partial charge in [-0.3, -0.25) is 4.79 Å². The molecule has 136 valence electrons. The van der Waals surface area contributed by atoms with Crippen molar-refractivity contribution in [3.05, 3.63) is 33.4 Å². The van der Waals surface area contributed by atoms with Gasteiger partial charge in [0, 0.05) is 17.1 Å². The van der Waals surface area contributed by atoms with E-state index in [1.54, 1.807) is 7.11 Å². The summed E-state index contributed by atoms with van der Waals surface area (Å²) in [5, 5.41) is 0. The Hall–Kier alpha value is -0.660. The normalized spacial score (nSPS) is 13.8. The van der Waals surface area contributed by atoms with Crippen molar-refractivity contribution in [1.29, 1.82) is 0 Å². The average Bonchev–Trinajstić information content (AvgIpc) is 2.53. The molecule has 0 aliphatic carbocycles. The zero-order chi connectivity index (χ0) is 17.9. The van der Waals surface area contributed by atoms with Crippen molar-refractivity contribution < 1.29 is 19.0 Å². The van der Waals surface area contributed by atoms with Crippen molar-refractivity contribution in [3.63, 3.8) is 0 Å². The molecule has 1 aromatic carbocycles. The summed E-state index contributed by atoms with van der Waals surface area (Å²) in [5.74, 6) is 0.114. The molecule has 1 rings (SSSR count). The molecule has 0 aliphatic rings. The third-order valence-corrected chi connectivity index (χ3v) is 4.60. The van der Waals surface area contributed by atoms with Crippen LogP contribution in [0.1, 0.15) is 58.1 Å². The van der Waals surface area contributed by atoms with Gasteiger partial charge in [-0.1, -0.05) is 45.4 Å². The van der Waals surface area contributed by atoms with E-state index in [1.807, 2.05) is 38.1 Å². The number of halogens is 1. The summed E-state index contributed by atoms with van der Waals surface area (Å²) in [6.07, 6.45) is 2.60. The Balaban J connectivity index is 3.00. The number of ether oxygens (including phenoxy) is 3. The van der Waals surface area contributed by atoms with Gasteiger partial charge in [0.2, 0.25) is 0 Å². The van der Waals surface area contributed by atoms with Crippen molar-refractivity contribution in [2.45, 2.75) is 58.7 Å². The first kappa shape index (κ1) is 21.4. The van der Waals surface area contributed by atoms with Gasteiger partial charge in [-0.15, -0.1) is 0 Å². The Bertz CT molecular complexity index is 490. The molecule has 0 heterocycles. The first-order chi connectivity index (χ1) is 11.5. The maximum absolute atomic E-state index is 12.2. The topological polar surface area (TPSA) is 44.8 Å². The number of methoxy groups -OCH3 is 1. The van der Waals surface area contributed by atoms with E-state index in [9.17, 15) is 4.79 Å². The number of benzene rings is 1. The fourth-order valence-electron chi connectivity index (χ4n) is 2.47. The minimum absolute atomic E-state index is 0.164. The molecule has 24 heavy (non-hydrogen) atoms. The SMILES string of the molecule is CCCC[C@H](OC(=O)CC(C)C)[C@@H](OCOC)c1ccccc1I. The summed E-state index contributed by atoms with van der Waals surface area (Å²) in [5.41, 5.74) is 1.04. The zero-order valence-electron chi connectivity index (χ0n) is 15.1. The fraction of sp³-hybridized carbons (Fsp3) is 0.632. The van der Waals surface area contributed by atoms with Crippen molar-refractivity contribution in [1.82, 2.24) is 0 Å². The molecule has 4 nitrogen and oxygen atoms in total. The second kappa shape index (κ2) is 11.8. The van der Waals surface area contributed by atoms with E-state index in [0.29, 0.717) is 6.42 Å². The van der Waals surface area contributed by atoms with E-state index in [4.69, 9.17) is 14.2 Å². The smallest absolute Gasteiger partial charge is 0.306 e. The van der Waals surface area contributed by atoms with Gasteiger partial charge in [-0.05, 0) is 53.0 Å². The molecule has 1 aromatic rings. The summed E-state index contributed by atoms with van der Waals surface area (Å²) < 4.78 is 17.9. The summed E-state index contributed by atoms with van der Waals surface area (Å²) >= 11 is 2.29. The molecule has 2 atom stereocenters. The third-order valence-electron chi connectivity index (χ3n) is 3.61. The van der Waals surface area contributed by atoms with Crippen LogP contribution in [0.5, 0.6) is 0 Å². The van der Waals surface area contributed by atoms with Crippen LogP contribution in [0.25, 0.3) is 0 Å². The Labute approximate surface area is 159 Å². The second-order valence-corrected chi connectivity index (χ2v) is 7.45. The number of rotatable bonds is 11. The van der Waals surface area contributed by atoms with Crippen molar-refractivity contribution in [2.24, 2.45) is 5.92 Å². The highest BCUT2D eigenvalue weighted by molar-refractivity contribution is 14.1. The van der Waals surface area contributed by atoms with E-state index in [-0.39, 0.29) is 30.9 Å². The molecule has 0 saturated carbocycles. The predicted molar refractivity (Wildman–Crippen MR) is 104 cm³/mol. The molecule has 0 fully saturated rings. The van der Waals surface area contributed by atoms with E-state index in [1.165, 1.54) is 0 Å². The molecule has 0 radical (unpaired) electrons. The summed E-state index contributed by atoms with van der Waals surface area (Å²) in [6.45, 7) is 6.33. The molecule has 0 aliphatic heterocycles. The summed E-state index contributed by atoms with van der Waals surface area (Å²) in [7, 11) is 1.60. The lowest BCUT2D eigenvalue weighted by Gasteiger charge is -2.28. The maximum Gasteiger partial charge on any atom is 0.306 e. The number of esters is 1. The molecule has 0 unspecified atom stereocenters. The Morgan fingerprint density at radius 2 is 1.96 bits per heavy atom. The lowest BCUT2D eigenvalue weighted by atomic mass is 9.99. The van der Waals surface area contributed by atoms with Gasteiger partial charge in [-0.2, -0.15) is 0 Å². The molecule has 0 bridgehead atoms. The highest BCUT2D eigenvalue weighted by Gasteiger charge is 2.29. The summed E-state index contributed by atoms with van der Waals surface area (Å²) in [4.78, 5) is 12.2. The van der Waals surface area contributed by atoms with Crippen LogP contribution in [0.3, 0.4) is 0 Å². The predicted octanol–water partition coefficient (Wildman–Crippen LogP) is 5.10. The average molecular weight is 448 g/mol. The van der Waals surface area contributed by atoms with Gasteiger partial charge in [0.05, 0.1) is 0 Å². The zero-order valence-corrected chi connectivity index (χ0v) is 17.2. The Morgan fingerprint density at radius 1 is 1.25 bits per heavy atom. The summed E-state index contributed by atoms with van der Waals surface area (Å²) in [6, 6.07) is 8.03. The molecule has 0 N–H and O–H groups in total. The van der Waals surface area contributed by atoms with Crippen LogP contribution >= 0.6 is 22.6 Å². The van der Waals surface area contributed by atoms with Crippen molar-refractivity contribution >= 4 is 28.6 Å². The van der Waals surface area contributed by atoms with E-state index in [2.05, 4.69) is 29.5 Å². The standard InChI is InChI=1S/C19H29IO4/c1-5-6-11-17(24-18(21)12-14(2)3)19(23-13-22-4)15-9-7-8-10-16(15)20/h7-10,14,17,19H,5-6,11-13H2,1-4H3/t17-,19-/m0/s1. The van der Waals surface area contributed by atoms with Crippen LogP contribution in [-0.2, 0) is 19.0 Å². The van der Waals surface area contributed by atoms with E-state index >= 15 is 0 Å². The quantitative estimate of drug-likeness (QED) is 0.269. The third kappa shape index (κ3) is 7.49. The largest absolute Gasteiger partial charge is 0.459 e. The van der Waals surface area contributed by atoms with Gasteiger partial charge in [0.15, 0.2) is 0 Å². The van der Waals surface area contributed by atoms with Gasteiger partial charge in [0.25, 0.3) is 0 Å². The maximum atomic E-state index is 12.2. The molecule has 0 saturated heterocycles. The van der Waals surface area contributed by atoms with Crippen LogP contribution in [0, 0.1) is 9.49 Å². The molecule has 5 heteroatoms. The number of carbonyl (C=O) groups is 1. The first-order valence-electron chi connectivity index (χ1n) is 8.54. The molecule has 0 spiro atoms. The minimum atomic E-state index is -0.319. The fourth-order valence-corrected chi connectivity index (χ4v) is 3.17. The van der Waals surface area contributed by atoms with Crippen LogP contribution in [0.15, 0.2) is 24.3 Å². The highest BCUT2D eigenvalue weighted by atomic mass is 127.